The van der Waals surface area contributed by atoms with Crippen LogP contribution < -0.4 is 10.6 Å². The molecule has 3 rings (SSSR count). The van der Waals surface area contributed by atoms with Gasteiger partial charge in [0.15, 0.2) is 0 Å². The van der Waals surface area contributed by atoms with Crippen molar-refractivity contribution in [3.63, 3.8) is 0 Å². The number of carboxylic acids is 1. The molecule has 2 saturated carbocycles. The number of amides is 1. The molecule has 0 spiro atoms. The fourth-order valence-corrected chi connectivity index (χ4v) is 6.00. The second-order valence-corrected chi connectivity index (χ2v) is 13.5. The Hall–Kier alpha value is -2.37. The molecular weight excluding hydrogens is 500 g/mol. The van der Waals surface area contributed by atoms with Crippen molar-refractivity contribution in [1.82, 2.24) is 0 Å². The average molecular weight is 545 g/mol. The molecule has 0 radical (unpaired) electrons. The lowest BCUT2D eigenvalue weighted by atomic mass is 9.81. The fraction of sp³-hybridized carbons (Fsp3) is 0.700. The Balaban J connectivity index is 1.89. The number of anilines is 1. The monoisotopic (exact) mass is 544 g/mol. The Morgan fingerprint density at radius 1 is 1.08 bits per heavy atom. The molecule has 8 heteroatoms. The SMILES string of the molecule is CC1CCC(C(=O)N(c2cc(C#CC(C)(C)C)sc2C(=O)O)C2CCC(OC(=O)[C@@H](N)C(C)C)CC2)CC1. The van der Waals surface area contributed by atoms with Gasteiger partial charge in [-0.3, -0.25) is 9.59 Å². The van der Waals surface area contributed by atoms with Gasteiger partial charge >= 0.3 is 11.9 Å². The number of aromatic carboxylic acids is 1. The summed E-state index contributed by atoms with van der Waals surface area (Å²) in [5.74, 6) is 5.36. The molecule has 7 nitrogen and oxygen atoms in total. The summed E-state index contributed by atoms with van der Waals surface area (Å²) in [4.78, 5) is 41.3. The number of hydrogen-bond donors (Lipinski definition) is 2. The Morgan fingerprint density at radius 2 is 1.68 bits per heavy atom. The van der Waals surface area contributed by atoms with E-state index >= 15 is 0 Å². The minimum absolute atomic E-state index is 0.00577. The first kappa shape index (κ1) is 30.2. The Morgan fingerprint density at radius 3 is 2.21 bits per heavy atom. The standard InChI is InChI=1S/C30H44N2O5S/c1-18(2)25(31)29(36)37-22-13-11-21(12-14-22)32(27(33)20-9-7-19(3)8-10-20)24-17-23(15-16-30(4,5)6)38-26(24)28(34)35/h17-22,25H,7-14,31H2,1-6H3,(H,34,35)/t19?,20?,21?,22?,25-/m0/s1. The van der Waals surface area contributed by atoms with Crippen molar-refractivity contribution in [2.75, 3.05) is 4.90 Å². The molecule has 0 aliphatic heterocycles. The molecule has 1 aromatic heterocycles. The van der Waals surface area contributed by atoms with Gasteiger partial charge in [0.1, 0.15) is 17.0 Å². The summed E-state index contributed by atoms with van der Waals surface area (Å²) in [5.41, 5.74) is 6.19. The first-order valence-electron chi connectivity index (χ1n) is 14.0. The number of esters is 1. The summed E-state index contributed by atoms with van der Waals surface area (Å²) >= 11 is 1.13. The highest BCUT2D eigenvalue weighted by Crippen LogP contribution is 2.39. The highest BCUT2D eigenvalue weighted by atomic mass is 32.1. The number of ether oxygens (including phenoxy) is 1. The van der Waals surface area contributed by atoms with E-state index in [2.05, 4.69) is 18.8 Å². The molecule has 1 amide bonds. The van der Waals surface area contributed by atoms with Gasteiger partial charge in [-0.2, -0.15) is 0 Å². The molecule has 38 heavy (non-hydrogen) atoms. The number of carboxylic acid groups (broad SMARTS) is 1. The lowest BCUT2D eigenvalue weighted by molar-refractivity contribution is -0.153. The molecule has 0 aromatic carbocycles. The molecule has 1 aromatic rings. The number of nitrogens with zero attached hydrogens (tertiary/aromatic N) is 1. The molecule has 3 N–H and O–H groups in total. The lowest BCUT2D eigenvalue weighted by Crippen LogP contribution is -2.48. The summed E-state index contributed by atoms with van der Waals surface area (Å²) in [6, 6.07) is 0.965. The van der Waals surface area contributed by atoms with E-state index in [9.17, 15) is 19.5 Å². The molecule has 2 fully saturated rings. The summed E-state index contributed by atoms with van der Waals surface area (Å²) < 4.78 is 5.69. The molecule has 0 unspecified atom stereocenters. The van der Waals surface area contributed by atoms with Crippen LogP contribution in [0.5, 0.6) is 0 Å². The van der Waals surface area contributed by atoms with Crippen molar-refractivity contribution in [2.45, 2.75) is 111 Å². The van der Waals surface area contributed by atoms with E-state index in [1.54, 1.807) is 11.0 Å². The van der Waals surface area contributed by atoms with E-state index in [1.165, 1.54) is 0 Å². The molecular formula is C30H44N2O5S. The zero-order valence-electron chi connectivity index (χ0n) is 23.7. The van der Waals surface area contributed by atoms with Crippen molar-refractivity contribution in [3.8, 4) is 11.8 Å². The maximum atomic E-state index is 14.0. The van der Waals surface area contributed by atoms with Crippen LogP contribution in [-0.4, -0.2) is 41.1 Å². The van der Waals surface area contributed by atoms with Crippen LogP contribution in [0, 0.1) is 35.0 Å². The first-order valence-corrected chi connectivity index (χ1v) is 14.8. The number of nitrogens with two attached hydrogens (primary N) is 1. The summed E-state index contributed by atoms with van der Waals surface area (Å²) in [7, 11) is 0. The second kappa shape index (κ2) is 12.7. The molecule has 210 valence electrons. The van der Waals surface area contributed by atoms with Gasteiger partial charge in [0.2, 0.25) is 5.91 Å². The number of thiophene rings is 1. The number of carbonyl (C=O) groups excluding carboxylic acids is 2. The van der Waals surface area contributed by atoms with Gasteiger partial charge in [-0.25, -0.2) is 4.79 Å². The van der Waals surface area contributed by atoms with Crippen LogP contribution in [0.2, 0.25) is 0 Å². The van der Waals surface area contributed by atoms with Crippen molar-refractivity contribution in [2.24, 2.45) is 28.9 Å². The van der Waals surface area contributed by atoms with Gasteiger partial charge in [0.05, 0.1) is 10.6 Å². The van der Waals surface area contributed by atoms with Gasteiger partial charge < -0.3 is 20.5 Å². The van der Waals surface area contributed by atoms with E-state index < -0.39 is 12.0 Å². The summed E-state index contributed by atoms with van der Waals surface area (Å²) in [5, 5.41) is 10.1. The van der Waals surface area contributed by atoms with Crippen LogP contribution in [0.25, 0.3) is 0 Å². The molecule has 0 saturated heterocycles. The van der Waals surface area contributed by atoms with Gasteiger partial charge in [-0.1, -0.05) is 32.6 Å². The van der Waals surface area contributed by atoms with Crippen LogP contribution in [-0.2, 0) is 14.3 Å². The average Bonchev–Trinajstić information content (AvgIpc) is 3.27. The quantitative estimate of drug-likeness (QED) is 0.330. The molecule has 1 heterocycles. The Labute approximate surface area is 231 Å². The Bertz CT molecular complexity index is 1060. The smallest absolute Gasteiger partial charge is 0.348 e. The maximum absolute atomic E-state index is 14.0. The van der Waals surface area contributed by atoms with Gasteiger partial charge in [-0.15, -0.1) is 11.3 Å². The molecule has 2 aliphatic rings. The van der Waals surface area contributed by atoms with Crippen molar-refractivity contribution < 1.29 is 24.2 Å². The van der Waals surface area contributed by atoms with E-state index in [0.29, 0.717) is 42.2 Å². The third-order valence-corrected chi connectivity index (χ3v) is 8.64. The highest BCUT2D eigenvalue weighted by molar-refractivity contribution is 7.15. The van der Waals surface area contributed by atoms with E-state index in [0.717, 1.165) is 37.0 Å². The minimum atomic E-state index is -1.05. The van der Waals surface area contributed by atoms with Gasteiger partial charge in [0.25, 0.3) is 0 Å². The topological polar surface area (TPSA) is 110 Å². The van der Waals surface area contributed by atoms with E-state index in [1.807, 2.05) is 34.6 Å². The Kier molecular flexibility index (Phi) is 10.0. The van der Waals surface area contributed by atoms with Crippen molar-refractivity contribution in [1.29, 1.82) is 0 Å². The summed E-state index contributed by atoms with van der Waals surface area (Å²) in [6.45, 7) is 12.0. The predicted molar refractivity (Wildman–Crippen MR) is 151 cm³/mol. The lowest BCUT2D eigenvalue weighted by Gasteiger charge is -2.39. The third kappa shape index (κ3) is 7.83. The normalized spacial score (nSPS) is 24.7. The highest BCUT2D eigenvalue weighted by Gasteiger charge is 2.38. The van der Waals surface area contributed by atoms with E-state index in [-0.39, 0.29) is 46.2 Å². The second-order valence-electron chi connectivity index (χ2n) is 12.4. The predicted octanol–water partition coefficient (Wildman–Crippen LogP) is 5.84. The van der Waals surface area contributed by atoms with Crippen molar-refractivity contribution >= 4 is 34.9 Å². The number of rotatable bonds is 7. The minimum Gasteiger partial charge on any atom is -0.477 e. The fourth-order valence-electron chi connectivity index (χ4n) is 5.16. The number of carbonyl (C=O) groups is 3. The number of hydrogen-bond acceptors (Lipinski definition) is 6. The van der Waals surface area contributed by atoms with Crippen LogP contribution >= 0.6 is 11.3 Å². The zero-order valence-corrected chi connectivity index (χ0v) is 24.5. The zero-order chi connectivity index (χ0) is 28.2. The van der Waals surface area contributed by atoms with Crippen LogP contribution in [0.3, 0.4) is 0 Å². The largest absolute Gasteiger partial charge is 0.477 e. The van der Waals surface area contributed by atoms with Crippen molar-refractivity contribution in [3.05, 3.63) is 15.8 Å². The maximum Gasteiger partial charge on any atom is 0.348 e. The first-order chi connectivity index (χ1) is 17.8. The van der Waals surface area contributed by atoms with Crippen LogP contribution in [0.1, 0.15) is 107 Å². The van der Waals surface area contributed by atoms with Gasteiger partial charge in [-0.05, 0) is 90.0 Å². The third-order valence-electron chi connectivity index (χ3n) is 7.61. The summed E-state index contributed by atoms with van der Waals surface area (Å²) in [6.07, 6.45) is 5.86. The molecule has 2 aliphatic carbocycles. The van der Waals surface area contributed by atoms with Crippen LogP contribution in [0.15, 0.2) is 6.07 Å². The molecule has 0 bridgehead atoms. The molecule has 1 atom stereocenters. The van der Waals surface area contributed by atoms with Crippen LogP contribution in [0.4, 0.5) is 5.69 Å². The van der Waals surface area contributed by atoms with E-state index in [4.69, 9.17) is 10.5 Å². The van der Waals surface area contributed by atoms with Gasteiger partial charge in [0, 0.05) is 17.4 Å².